The van der Waals surface area contributed by atoms with Gasteiger partial charge in [-0.3, -0.25) is 0 Å². The second kappa shape index (κ2) is 10.2. The predicted octanol–water partition coefficient (Wildman–Crippen LogP) is 3.70. The van der Waals surface area contributed by atoms with Gasteiger partial charge in [-0.05, 0) is 44.6 Å². The van der Waals surface area contributed by atoms with E-state index in [1.54, 1.807) is 12.1 Å². The van der Waals surface area contributed by atoms with Crippen molar-refractivity contribution in [2.24, 2.45) is 5.92 Å². The highest BCUT2D eigenvalue weighted by molar-refractivity contribution is 5.90. The molecule has 0 spiro atoms. The van der Waals surface area contributed by atoms with Gasteiger partial charge in [0.1, 0.15) is 6.61 Å². The summed E-state index contributed by atoms with van der Waals surface area (Å²) in [5.74, 6) is 0.392. The molecule has 136 valence electrons. The van der Waals surface area contributed by atoms with E-state index in [9.17, 15) is 9.90 Å². The Labute approximate surface area is 145 Å². The summed E-state index contributed by atoms with van der Waals surface area (Å²) in [7, 11) is 3.98. The highest BCUT2D eigenvalue weighted by Gasteiger charge is 2.21. The summed E-state index contributed by atoms with van der Waals surface area (Å²) in [6.07, 6.45) is 2.92. The molecule has 1 aromatic carbocycles. The van der Waals surface area contributed by atoms with E-state index in [2.05, 4.69) is 25.7 Å². The molecule has 5 heteroatoms. The Balaban J connectivity index is 2.71. The Morgan fingerprint density at radius 3 is 2.58 bits per heavy atom. The number of unbranched alkanes of at least 4 members (excludes halogenated alkanes) is 1. The van der Waals surface area contributed by atoms with Gasteiger partial charge < -0.3 is 19.5 Å². The Morgan fingerprint density at radius 2 is 2.00 bits per heavy atom. The lowest BCUT2D eigenvalue weighted by Crippen LogP contribution is -2.38. The maximum absolute atomic E-state index is 12.3. The van der Waals surface area contributed by atoms with Crippen molar-refractivity contribution in [3.63, 3.8) is 0 Å². The van der Waals surface area contributed by atoms with Crippen molar-refractivity contribution < 1.29 is 19.4 Å². The molecule has 0 aliphatic rings. The molecule has 5 nitrogen and oxygen atoms in total. The van der Waals surface area contributed by atoms with Crippen molar-refractivity contribution in [3.05, 3.63) is 23.8 Å². The average molecular weight is 337 g/mol. The second-order valence-electron chi connectivity index (χ2n) is 6.40. The number of nitrogens with zero attached hydrogens (tertiary/aromatic N) is 1. The van der Waals surface area contributed by atoms with Crippen molar-refractivity contribution >= 4 is 5.97 Å². The van der Waals surface area contributed by atoms with Gasteiger partial charge in [0.05, 0.1) is 12.2 Å². The Hall–Kier alpha value is -1.75. The maximum atomic E-state index is 12.3. The van der Waals surface area contributed by atoms with Gasteiger partial charge in [-0.15, -0.1) is 0 Å². The molecule has 0 aliphatic carbocycles. The number of carbonyl (C=O) groups is 1. The van der Waals surface area contributed by atoms with Crippen LogP contribution in [-0.2, 0) is 4.74 Å². The molecule has 0 saturated carbocycles. The van der Waals surface area contributed by atoms with Crippen molar-refractivity contribution in [2.45, 2.75) is 46.1 Å². The van der Waals surface area contributed by atoms with Gasteiger partial charge in [-0.25, -0.2) is 4.79 Å². The molecule has 0 saturated heterocycles. The fourth-order valence-electron chi connectivity index (χ4n) is 2.42. The number of hydrogen-bond acceptors (Lipinski definition) is 5. The molecule has 0 amide bonds. The average Bonchev–Trinajstić information content (AvgIpc) is 2.56. The van der Waals surface area contributed by atoms with E-state index in [1.807, 2.05) is 14.1 Å². The zero-order valence-corrected chi connectivity index (χ0v) is 15.5. The number of likely N-dealkylation sites (N-methyl/N-ethyl adjacent to an activating group) is 1. The third-order valence-electron chi connectivity index (χ3n) is 4.30. The highest BCUT2D eigenvalue weighted by Crippen LogP contribution is 2.27. The molecule has 0 aromatic heterocycles. The Morgan fingerprint density at radius 1 is 1.29 bits per heavy atom. The largest absolute Gasteiger partial charge is 0.504 e. The number of esters is 1. The highest BCUT2D eigenvalue weighted by atomic mass is 16.5. The second-order valence-corrected chi connectivity index (χ2v) is 6.40. The standard InChI is InChI=1S/C19H31NO4/c1-6-8-11-23-18-12-15(9-10-17(18)21)19(22)24-13-16(20(4)5)14(3)7-2/h9-10,12,14,16,21H,6-8,11,13H2,1-5H3/t14-,16+/m0/s1. The van der Waals surface area contributed by atoms with Crippen LogP contribution < -0.4 is 4.74 Å². The quantitative estimate of drug-likeness (QED) is 0.521. The summed E-state index contributed by atoms with van der Waals surface area (Å²) in [5.41, 5.74) is 0.390. The van der Waals surface area contributed by atoms with Crippen LogP contribution in [0, 0.1) is 5.92 Å². The molecule has 1 rings (SSSR count). The monoisotopic (exact) mass is 337 g/mol. The lowest BCUT2D eigenvalue weighted by atomic mass is 9.99. The third-order valence-corrected chi connectivity index (χ3v) is 4.30. The molecule has 1 aromatic rings. The van der Waals surface area contributed by atoms with Crippen LogP contribution in [0.3, 0.4) is 0 Å². The van der Waals surface area contributed by atoms with Gasteiger partial charge in [0.2, 0.25) is 0 Å². The minimum atomic E-state index is -0.398. The van der Waals surface area contributed by atoms with Gasteiger partial charge in [-0.1, -0.05) is 33.6 Å². The molecule has 0 radical (unpaired) electrons. The first-order valence-corrected chi connectivity index (χ1v) is 8.70. The van der Waals surface area contributed by atoms with E-state index in [1.165, 1.54) is 6.07 Å². The van der Waals surface area contributed by atoms with Crippen molar-refractivity contribution in [1.82, 2.24) is 4.90 Å². The fourth-order valence-corrected chi connectivity index (χ4v) is 2.42. The molecule has 0 bridgehead atoms. The van der Waals surface area contributed by atoms with E-state index in [0.717, 1.165) is 19.3 Å². The Kier molecular flexibility index (Phi) is 8.61. The summed E-state index contributed by atoms with van der Waals surface area (Å²) in [5, 5.41) is 9.83. The number of phenolic OH excluding ortho intramolecular Hbond substituents is 1. The topological polar surface area (TPSA) is 59.0 Å². The minimum absolute atomic E-state index is 0.0356. The Bertz CT molecular complexity index is 516. The zero-order chi connectivity index (χ0) is 18.1. The van der Waals surface area contributed by atoms with Crippen LogP contribution in [0.15, 0.2) is 18.2 Å². The first-order chi connectivity index (χ1) is 11.4. The first kappa shape index (κ1) is 20.3. The number of ether oxygens (including phenoxy) is 2. The normalized spacial score (nSPS) is 13.6. The van der Waals surface area contributed by atoms with Gasteiger partial charge in [-0.2, -0.15) is 0 Å². The molecular weight excluding hydrogens is 306 g/mol. The number of carbonyl (C=O) groups excluding carboxylic acids is 1. The van der Waals surface area contributed by atoms with Gasteiger partial charge in [0.25, 0.3) is 0 Å². The van der Waals surface area contributed by atoms with E-state index >= 15 is 0 Å². The predicted molar refractivity (Wildman–Crippen MR) is 95.7 cm³/mol. The maximum Gasteiger partial charge on any atom is 0.338 e. The molecule has 1 N–H and O–H groups in total. The summed E-state index contributed by atoms with van der Waals surface area (Å²) >= 11 is 0. The van der Waals surface area contributed by atoms with E-state index < -0.39 is 5.97 Å². The van der Waals surface area contributed by atoms with E-state index in [0.29, 0.717) is 30.4 Å². The molecule has 0 unspecified atom stereocenters. The lowest BCUT2D eigenvalue weighted by Gasteiger charge is -2.29. The summed E-state index contributed by atoms with van der Waals surface area (Å²) in [4.78, 5) is 14.4. The lowest BCUT2D eigenvalue weighted by molar-refractivity contribution is 0.0336. The summed E-state index contributed by atoms with van der Waals surface area (Å²) in [6.45, 7) is 7.20. The van der Waals surface area contributed by atoms with Crippen molar-refractivity contribution in [2.75, 3.05) is 27.3 Å². The van der Waals surface area contributed by atoms with Crippen LogP contribution in [0.4, 0.5) is 0 Å². The van der Waals surface area contributed by atoms with Crippen LogP contribution in [0.2, 0.25) is 0 Å². The van der Waals surface area contributed by atoms with Crippen LogP contribution in [0.1, 0.15) is 50.4 Å². The number of aromatic hydroxyl groups is 1. The third kappa shape index (κ3) is 6.04. The number of rotatable bonds is 10. The first-order valence-electron chi connectivity index (χ1n) is 8.70. The van der Waals surface area contributed by atoms with E-state index in [-0.39, 0.29) is 11.8 Å². The molecule has 2 atom stereocenters. The van der Waals surface area contributed by atoms with Crippen LogP contribution in [0.25, 0.3) is 0 Å². The molecule has 0 aliphatic heterocycles. The SMILES string of the molecule is CCCCOc1cc(C(=O)OC[C@H]([C@@H](C)CC)N(C)C)ccc1O. The van der Waals surface area contributed by atoms with E-state index in [4.69, 9.17) is 9.47 Å². The smallest absolute Gasteiger partial charge is 0.338 e. The van der Waals surface area contributed by atoms with Crippen molar-refractivity contribution in [1.29, 1.82) is 0 Å². The number of hydrogen-bond donors (Lipinski definition) is 1. The fraction of sp³-hybridized carbons (Fsp3) is 0.632. The van der Waals surface area contributed by atoms with Crippen LogP contribution in [-0.4, -0.2) is 49.3 Å². The van der Waals surface area contributed by atoms with Gasteiger partial charge in [0, 0.05) is 6.04 Å². The summed E-state index contributed by atoms with van der Waals surface area (Å²) in [6, 6.07) is 4.74. The zero-order valence-electron chi connectivity index (χ0n) is 15.5. The summed E-state index contributed by atoms with van der Waals surface area (Å²) < 4.78 is 11.0. The molecule has 0 fully saturated rings. The van der Waals surface area contributed by atoms with Gasteiger partial charge >= 0.3 is 5.97 Å². The van der Waals surface area contributed by atoms with Crippen LogP contribution in [0.5, 0.6) is 11.5 Å². The number of benzene rings is 1. The van der Waals surface area contributed by atoms with Gasteiger partial charge in [0.15, 0.2) is 11.5 Å². The molecular formula is C19H31NO4. The molecule has 24 heavy (non-hydrogen) atoms. The van der Waals surface area contributed by atoms with Crippen LogP contribution >= 0.6 is 0 Å². The molecule has 0 heterocycles. The van der Waals surface area contributed by atoms with Crippen molar-refractivity contribution in [3.8, 4) is 11.5 Å². The minimum Gasteiger partial charge on any atom is -0.504 e. The number of phenols is 1.